The maximum Gasteiger partial charge on any atom is 0.0858 e. The first kappa shape index (κ1) is 25.0. The fourth-order valence-electron chi connectivity index (χ4n) is 4.72. The highest BCUT2D eigenvalue weighted by molar-refractivity contribution is 8.16. The van der Waals surface area contributed by atoms with E-state index in [1.807, 2.05) is 38.4 Å². The van der Waals surface area contributed by atoms with Gasteiger partial charge in [-0.25, -0.2) is 0 Å². The first-order valence-electron chi connectivity index (χ1n) is 12.3. The van der Waals surface area contributed by atoms with Crippen molar-refractivity contribution in [2.75, 3.05) is 41.7 Å². The maximum atomic E-state index is 4.43. The van der Waals surface area contributed by atoms with E-state index < -0.39 is 0 Å². The average molecular weight is 488 g/mol. The quantitative estimate of drug-likeness (QED) is 0.270. The summed E-state index contributed by atoms with van der Waals surface area (Å²) < 4.78 is 3.85. The van der Waals surface area contributed by atoms with E-state index >= 15 is 0 Å². The number of rotatable bonds is 7. The molecule has 5 nitrogen and oxygen atoms in total. The molecule has 3 aromatic carbocycles. The van der Waals surface area contributed by atoms with E-state index in [1.54, 1.807) is 0 Å². The molecule has 1 aliphatic rings. The van der Waals surface area contributed by atoms with Gasteiger partial charge in [0.1, 0.15) is 0 Å². The van der Waals surface area contributed by atoms with Gasteiger partial charge in [0.15, 0.2) is 0 Å². The van der Waals surface area contributed by atoms with Crippen molar-refractivity contribution >= 4 is 44.5 Å². The lowest BCUT2D eigenvalue weighted by Crippen LogP contribution is -2.20. The second-order valence-electron chi connectivity index (χ2n) is 9.33. The van der Waals surface area contributed by atoms with Gasteiger partial charge in [-0.3, -0.25) is 0 Å². The molecular weight excluding hydrogens is 450 g/mol. The summed E-state index contributed by atoms with van der Waals surface area (Å²) in [6, 6.07) is 18.8. The summed E-state index contributed by atoms with van der Waals surface area (Å²) in [4.78, 5) is 5.86. The zero-order chi connectivity index (χ0) is 24.9. The third kappa shape index (κ3) is 5.76. The Morgan fingerprint density at radius 1 is 0.857 bits per heavy atom. The summed E-state index contributed by atoms with van der Waals surface area (Å²) in [6.45, 7) is 11.2. The first-order chi connectivity index (χ1) is 16.9. The number of azo groups is 1. The van der Waals surface area contributed by atoms with Crippen molar-refractivity contribution < 1.29 is 0 Å². The molecule has 1 unspecified atom stereocenters. The molecule has 35 heavy (non-hydrogen) atoms. The first-order valence-corrected chi connectivity index (χ1v) is 13.6. The van der Waals surface area contributed by atoms with E-state index in [1.165, 1.54) is 45.8 Å². The van der Waals surface area contributed by atoms with Gasteiger partial charge in [-0.1, -0.05) is 16.7 Å². The van der Waals surface area contributed by atoms with Crippen LogP contribution in [-0.2, 0) is 0 Å². The molecular formula is C29H37N5S. The van der Waals surface area contributed by atoms with Crippen molar-refractivity contribution in [3.63, 3.8) is 0 Å². The van der Waals surface area contributed by atoms with Crippen LogP contribution in [0.25, 0.3) is 0 Å². The second-order valence-corrected chi connectivity index (χ2v) is 11.2. The van der Waals surface area contributed by atoms with Gasteiger partial charge >= 0.3 is 0 Å². The molecule has 3 aromatic rings. The molecule has 0 bridgehead atoms. The highest BCUT2D eigenvalue weighted by Crippen LogP contribution is 2.39. The van der Waals surface area contributed by atoms with E-state index in [-0.39, 0.29) is 10.7 Å². The van der Waals surface area contributed by atoms with Gasteiger partial charge in [0.2, 0.25) is 0 Å². The smallest absolute Gasteiger partial charge is 0.0858 e. The lowest BCUT2D eigenvalue weighted by molar-refractivity contribution is 0.949. The Morgan fingerprint density at radius 3 is 1.97 bits per heavy atom. The van der Waals surface area contributed by atoms with Gasteiger partial charge in [-0.05, 0) is 111 Å². The maximum absolute atomic E-state index is 4.43. The van der Waals surface area contributed by atoms with E-state index in [9.17, 15) is 0 Å². The number of nitrogens with one attached hydrogen (secondary N) is 1. The summed E-state index contributed by atoms with van der Waals surface area (Å²) in [5.74, 6) is 0. The molecule has 1 atom stereocenters. The van der Waals surface area contributed by atoms with Crippen LogP contribution in [0.2, 0.25) is 0 Å². The molecule has 1 heterocycles. The highest BCUT2D eigenvalue weighted by atomic mass is 32.2. The molecule has 0 spiro atoms. The summed E-state index contributed by atoms with van der Waals surface area (Å²) >= 11 is 0. The molecule has 6 heteroatoms. The number of anilines is 3. The number of aryl methyl sites for hydroxylation is 2. The van der Waals surface area contributed by atoms with Crippen LogP contribution < -0.4 is 14.5 Å². The Bertz CT molecular complexity index is 1220. The lowest BCUT2D eigenvalue weighted by Gasteiger charge is -2.27. The molecule has 0 radical (unpaired) electrons. The van der Waals surface area contributed by atoms with Gasteiger partial charge in [0.25, 0.3) is 0 Å². The van der Waals surface area contributed by atoms with E-state index in [4.69, 9.17) is 0 Å². The number of nitrogens with zero attached hydrogens (tertiary/aromatic N) is 4. The van der Waals surface area contributed by atoms with Crippen molar-refractivity contribution in [3.8, 4) is 0 Å². The van der Waals surface area contributed by atoms with Crippen LogP contribution in [-0.4, -0.2) is 32.6 Å². The Morgan fingerprint density at radius 2 is 1.43 bits per heavy atom. The summed E-state index contributed by atoms with van der Waals surface area (Å²) in [6.07, 6.45) is 2.57. The van der Waals surface area contributed by atoms with Crippen LogP contribution >= 0.6 is 10.7 Å². The molecule has 0 aromatic heterocycles. The summed E-state index contributed by atoms with van der Waals surface area (Å²) in [5, 5.41) is 11.1. The topological polar surface area (TPSA) is 43.2 Å². The molecule has 1 aliphatic heterocycles. The molecule has 0 amide bonds. The van der Waals surface area contributed by atoms with Crippen LogP contribution in [0.3, 0.4) is 0 Å². The van der Waals surface area contributed by atoms with Gasteiger partial charge in [-0.2, -0.15) is 10.2 Å². The van der Waals surface area contributed by atoms with Crippen LogP contribution in [0.15, 0.2) is 69.7 Å². The zero-order valence-electron chi connectivity index (χ0n) is 21.8. The number of hydrogen-bond donors (Lipinski definition) is 1. The Kier molecular flexibility index (Phi) is 7.91. The third-order valence-electron chi connectivity index (χ3n) is 6.54. The van der Waals surface area contributed by atoms with Crippen molar-refractivity contribution in [3.05, 3.63) is 71.3 Å². The SMILES string of the molecule is C/C=S(/Nc1c(C)cc(C)c(N2CCCC2)c1C)c1ccc(N=Nc2ccc(N(C)C)cc2)cc1. The largest absolute Gasteiger partial charge is 0.378 e. The van der Waals surface area contributed by atoms with Crippen molar-refractivity contribution in [2.24, 2.45) is 10.2 Å². The Labute approximate surface area is 213 Å². The van der Waals surface area contributed by atoms with Crippen molar-refractivity contribution in [1.29, 1.82) is 0 Å². The zero-order valence-corrected chi connectivity index (χ0v) is 22.6. The minimum absolute atomic E-state index is 0.209. The predicted molar refractivity (Wildman–Crippen MR) is 155 cm³/mol. The fourth-order valence-corrected chi connectivity index (χ4v) is 6.19. The molecule has 0 saturated carbocycles. The predicted octanol–water partition coefficient (Wildman–Crippen LogP) is 8.17. The van der Waals surface area contributed by atoms with E-state index in [0.717, 1.165) is 30.2 Å². The number of benzene rings is 3. The standard InChI is InChI=1S/C29H37N5S/c1-7-35(32-28-21(2)20-22(3)29(23(28)4)34-18-8-9-19-34)27-16-12-25(13-17-27)31-30-24-10-14-26(15-11-24)33(5)6/h7,10-17,20,32H,8-9,18-19H2,1-6H3. The van der Waals surface area contributed by atoms with Crippen LogP contribution in [0, 0.1) is 20.8 Å². The normalized spacial score (nSPS) is 14.6. The van der Waals surface area contributed by atoms with Crippen LogP contribution in [0.5, 0.6) is 0 Å². The van der Waals surface area contributed by atoms with Gasteiger partial charge in [0, 0.05) is 43.5 Å². The van der Waals surface area contributed by atoms with Gasteiger partial charge < -0.3 is 14.5 Å². The highest BCUT2D eigenvalue weighted by Gasteiger charge is 2.20. The molecule has 0 aliphatic carbocycles. The van der Waals surface area contributed by atoms with Crippen LogP contribution in [0.1, 0.15) is 36.5 Å². The second kappa shape index (κ2) is 11.1. The minimum atomic E-state index is -0.209. The minimum Gasteiger partial charge on any atom is -0.378 e. The molecule has 184 valence electrons. The Balaban J connectivity index is 1.52. The Hall–Kier alpha value is -3.12. The molecule has 1 N–H and O–H groups in total. The van der Waals surface area contributed by atoms with Crippen molar-refractivity contribution in [1.82, 2.24) is 0 Å². The van der Waals surface area contributed by atoms with E-state index in [2.05, 4.69) is 88.1 Å². The third-order valence-corrected chi connectivity index (χ3v) is 8.21. The molecule has 1 fully saturated rings. The average Bonchev–Trinajstić information content (AvgIpc) is 3.38. The van der Waals surface area contributed by atoms with Crippen LogP contribution in [0.4, 0.5) is 28.4 Å². The summed E-state index contributed by atoms with van der Waals surface area (Å²) in [7, 11) is 3.85. The van der Waals surface area contributed by atoms with Gasteiger partial charge in [0.05, 0.1) is 17.1 Å². The van der Waals surface area contributed by atoms with Crippen molar-refractivity contribution in [2.45, 2.75) is 45.4 Å². The molecule has 4 rings (SSSR count). The summed E-state index contributed by atoms with van der Waals surface area (Å²) in [5.41, 5.74) is 9.54. The van der Waals surface area contributed by atoms with E-state index in [0.29, 0.717) is 0 Å². The fraction of sp³-hybridized carbons (Fsp3) is 0.345. The number of hydrogen-bond acceptors (Lipinski definition) is 5. The molecule has 1 saturated heterocycles. The monoisotopic (exact) mass is 487 g/mol. The van der Waals surface area contributed by atoms with Gasteiger partial charge in [-0.15, -0.1) is 0 Å². The lowest BCUT2D eigenvalue weighted by atomic mass is 10.0.